The summed E-state index contributed by atoms with van der Waals surface area (Å²) < 4.78 is 66.9. The molecule has 1 aromatic heterocycles. The Balaban J connectivity index is 3.56. The molecule has 0 aliphatic carbocycles. The van der Waals surface area contributed by atoms with Crippen LogP contribution in [0.1, 0.15) is 17.6 Å². The molecule has 0 saturated carbocycles. The lowest BCUT2D eigenvalue weighted by Crippen LogP contribution is -2.14. The highest BCUT2D eigenvalue weighted by atomic mass is 19.4. The number of nitrogens with two attached hydrogens (primary N) is 1. The van der Waals surface area contributed by atoms with Crippen molar-refractivity contribution in [3.05, 3.63) is 17.3 Å². The van der Waals surface area contributed by atoms with E-state index in [0.717, 1.165) is 7.11 Å². The van der Waals surface area contributed by atoms with Crippen LogP contribution in [0.2, 0.25) is 0 Å². The molecule has 0 aromatic carbocycles. The van der Waals surface area contributed by atoms with Crippen molar-refractivity contribution in [1.29, 1.82) is 0 Å². The molecule has 16 heavy (non-hydrogen) atoms. The van der Waals surface area contributed by atoms with Crippen LogP contribution in [0.25, 0.3) is 0 Å². The lowest BCUT2D eigenvalue weighted by Gasteiger charge is -2.16. The van der Waals surface area contributed by atoms with Crippen molar-refractivity contribution in [2.75, 3.05) is 12.8 Å². The Kier molecular flexibility index (Phi) is 3.20. The first-order valence-electron chi connectivity index (χ1n) is 3.96. The molecule has 0 aliphatic rings. The van der Waals surface area contributed by atoms with E-state index in [-0.39, 0.29) is 0 Å². The Bertz CT molecular complexity index is 391. The summed E-state index contributed by atoms with van der Waals surface area (Å²) in [5.74, 6) is -1.64. The van der Waals surface area contributed by atoms with Crippen molar-refractivity contribution in [2.45, 2.75) is 12.6 Å². The number of ether oxygens (including phenoxy) is 1. The van der Waals surface area contributed by atoms with E-state index in [2.05, 4.69) is 9.72 Å². The van der Waals surface area contributed by atoms with Crippen molar-refractivity contribution in [3.8, 4) is 5.75 Å². The number of hydrogen-bond acceptors (Lipinski definition) is 3. The second-order valence-electron chi connectivity index (χ2n) is 2.80. The summed E-state index contributed by atoms with van der Waals surface area (Å²) in [4.78, 5) is 3.22. The van der Waals surface area contributed by atoms with Gasteiger partial charge in [-0.2, -0.15) is 13.2 Å². The number of hydrogen-bond donors (Lipinski definition) is 1. The zero-order valence-corrected chi connectivity index (χ0v) is 7.98. The van der Waals surface area contributed by atoms with E-state index in [9.17, 15) is 22.0 Å². The van der Waals surface area contributed by atoms with Gasteiger partial charge in [-0.05, 0) is 0 Å². The first-order valence-corrected chi connectivity index (χ1v) is 3.96. The molecule has 1 aromatic rings. The Morgan fingerprint density at radius 3 is 2.31 bits per heavy atom. The average Bonchev–Trinajstić information content (AvgIpc) is 2.15. The molecule has 0 fully saturated rings. The van der Waals surface area contributed by atoms with Gasteiger partial charge < -0.3 is 10.5 Å². The Morgan fingerprint density at radius 1 is 1.38 bits per heavy atom. The first kappa shape index (κ1) is 12.5. The van der Waals surface area contributed by atoms with Crippen molar-refractivity contribution in [1.82, 2.24) is 4.98 Å². The van der Waals surface area contributed by atoms with Crippen molar-refractivity contribution < 1.29 is 26.7 Å². The minimum Gasteiger partial charge on any atom is -0.494 e. The van der Waals surface area contributed by atoms with Gasteiger partial charge in [0, 0.05) is 0 Å². The molecule has 0 radical (unpaired) electrons. The van der Waals surface area contributed by atoms with E-state index in [1.807, 2.05) is 0 Å². The summed E-state index contributed by atoms with van der Waals surface area (Å²) in [6, 6.07) is 0. The topological polar surface area (TPSA) is 48.1 Å². The van der Waals surface area contributed by atoms with Crippen LogP contribution in [0.15, 0.2) is 6.20 Å². The predicted octanol–water partition coefficient (Wildman–Crippen LogP) is 2.63. The summed E-state index contributed by atoms with van der Waals surface area (Å²) in [5.41, 5.74) is 2.06. The number of halogens is 5. The molecule has 2 N–H and O–H groups in total. The normalized spacial score (nSPS) is 11.9. The van der Waals surface area contributed by atoms with Crippen LogP contribution in [0.4, 0.5) is 27.8 Å². The van der Waals surface area contributed by atoms with E-state index in [4.69, 9.17) is 5.73 Å². The molecular weight excluding hydrogens is 235 g/mol. The summed E-state index contributed by atoms with van der Waals surface area (Å²) >= 11 is 0. The highest BCUT2D eigenvalue weighted by Gasteiger charge is 2.41. The summed E-state index contributed by atoms with van der Waals surface area (Å²) in [5, 5.41) is 0. The SMILES string of the molecule is COc1cnc(N)c(C(F)F)c1C(F)(F)F. The molecule has 0 amide bonds. The monoisotopic (exact) mass is 242 g/mol. The van der Waals surface area contributed by atoms with Gasteiger partial charge in [0.05, 0.1) is 18.9 Å². The third-order valence-electron chi connectivity index (χ3n) is 1.83. The Hall–Kier alpha value is -1.60. The maximum Gasteiger partial charge on any atom is 0.420 e. The predicted molar refractivity (Wildman–Crippen MR) is 45.2 cm³/mol. The average molecular weight is 242 g/mol. The number of anilines is 1. The lowest BCUT2D eigenvalue weighted by atomic mass is 10.1. The van der Waals surface area contributed by atoms with E-state index in [1.165, 1.54) is 0 Å². The fraction of sp³-hybridized carbons (Fsp3) is 0.375. The van der Waals surface area contributed by atoms with Crippen LogP contribution in [0.5, 0.6) is 5.75 Å². The second-order valence-corrected chi connectivity index (χ2v) is 2.80. The van der Waals surface area contributed by atoms with Crippen molar-refractivity contribution in [2.24, 2.45) is 0 Å². The standard InChI is InChI=1S/C8H7F5N2O/c1-16-3-2-15-7(14)4(6(9)10)5(3)8(11,12)13/h2,6H,1H3,(H2,14,15). The Morgan fingerprint density at radius 2 is 1.94 bits per heavy atom. The number of methoxy groups -OCH3 is 1. The van der Waals surface area contributed by atoms with Gasteiger partial charge in [0.15, 0.2) is 0 Å². The number of nitrogens with zero attached hydrogens (tertiary/aromatic N) is 1. The quantitative estimate of drug-likeness (QED) is 0.811. The second kappa shape index (κ2) is 4.11. The highest BCUT2D eigenvalue weighted by Crippen LogP contribution is 2.43. The minimum absolute atomic E-state index is 0.657. The van der Waals surface area contributed by atoms with Gasteiger partial charge in [-0.3, -0.25) is 0 Å². The molecule has 1 heterocycles. The molecule has 1 rings (SSSR count). The van der Waals surface area contributed by atoms with E-state index in [0.29, 0.717) is 6.20 Å². The van der Waals surface area contributed by atoms with E-state index in [1.54, 1.807) is 0 Å². The third kappa shape index (κ3) is 2.15. The summed E-state index contributed by atoms with van der Waals surface area (Å²) in [7, 11) is 0.928. The molecule has 8 heteroatoms. The van der Waals surface area contributed by atoms with Gasteiger partial charge in [-0.15, -0.1) is 0 Å². The Labute approximate surface area is 87.0 Å². The number of nitrogen functional groups attached to an aromatic ring is 1. The molecule has 0 spiro atoms. The molecular formula is C8H7F5N2O. The van der Waals surface area contributed by atoms with Crippen molar-refractivity contribution >= 4 is 5.82 Å². The third-order valence-corrected chi connectivity index (χ3v) is 1.83. The fourth-order valence-corrected chi connectivity index (χ4v) is 1.19. The van der Waals surface area contributed by atoms with Crippen LogP contribution in [-0.4, -0.2) is 12.1 Å². The van der Waals surface area contributed by atoms with Gasteiger partial charge in [-0.25, -0.2) is 13.8 Å². The number of pyridine rings is 1. The number of aromatic nitrogens is 1. The maximum atomic E-state index is 12.5. The molecule has 90 valence electrons. The van der Waals surface area contributed by atoms with Gasteiger partial charge in [0.2, 0.25) is 0 Å². The van der Waals surface area contributed by atoms with Gasteiger partial charge >= 0.3 is 6.18 Å². The summed E-state index contributed by atoms with van der Waals surface area (Å²) in [6.45, 7) is 0. The summed E-state index contributed by atoms with van der Waals surface area (Å²) in [6.07, 6.45) is -7.70. The molecule has 0 saturated heterocycles. The first-order chi connectivity index (χ1) is 7.29. The zero-order valence-electron chi connectivity index (χ0n) is 7.98. The molecule has 0 aliphatic heterocycles. The molecule has 0 atom stereocenters. The zero-order chi connectivity index (χ0) is 12.5. The van der Waals surface area contributed by atoms with E-state index >= 15 is 0 Å². The van der Waals surface area contributed by atoms with Crippen LogP contribution in [-0.2, 0) is 6.18 Å². The van der Waals surface area contributed by atoms with Crippen LogP contribution < -0.4 is 10.5 Å². The van der Waals surface area contributed by atoms with Crippen LogP contribution in [0.3, 0.4) is 0 Å². The van der Waals surface area contributed by atoms with Crippen LogP contribution in [0, 0.1) is 0 Å². The maximum absolute atomic E-state index is 12.5. The van der Waals surface area contributed by atoms with Gasteiger partial charge in [0.25, 0.3) is 6.43 Å². The van der Waals surface area contributed by atoms with Gasteiger partial charge in [-0.1, -0.05) is 0 Å². The van der Waals surface area contributed by atoms with Crippen molar-refractivity contribution in [3.63, 3.8) is 0 Å². The van der Waals surface area contributed by atoms with Gasteiger partial charge in [0.1, 0.15) is 17.1 Å². The minimum atomic E-state index is -4.98. The molecule has 0 bridgehead atoms. The van der Waals surface area contributed by atoms with E-state index < -0.39 is 35.3 Å². The lowest BCUT2D eigenvalue weighted by molar-refractivity contribution is -0.140. The highest BCUT2D eigenvalue weighted by molar-refractivity contribution is 5.52. The molecule has 3 nitrogen and oxygen atoms in total. The molecule has 0 unspecified atom stereocenters. The fourth-order valence-electron chi connectivity index (χ4n) is 1.19. The number of rotatable bonds is 2. The van der Waals surface area contributed by atoms with Crippen LogP contribution >= 0.6 is 0 Å². The largest absolute Gasteiger partial charge is 0.494 e. The smallest absolute Gasteiger partial charge is 0.420 e. The number of alkyl halides is 5.